The lowest BCUT2D eigenvalue weighted by molar-refractivity contribution is 0.896. The van der Waals surface area contributed by atoms with E-state index in [2.05, 4.69) is 63.9 Å². The molecule has 5 rings (SSSR count). The van der Waals surface area contributed by atoms with Crippen molar-refractivity contribution >= 4 is 33.8 Å². The number of imidazole rings is 1. The van der Waals surface area contributed by atoms with Crippen LogP contribution in [0.5, 0.6) is 0 Å². The van der Waals surface area contributed by atoms with E-state index in [1.807, 2.05) is 23.7 Å². The van der Waals surface area contributed by atoms with Crippen LogP contribution in [0.2, 0.25) is 0 Å². The number of rotatable bonds is 7. The Morgan fingerprint density at radius 2 is 2.03 bits per heavy atom. The van der Waals surface area contributed by atoms with Crippen LogP contribution in [-0.2, 0) is 20.0 Å². The number of aromatic amines is 1. The van der Waals surface area contributed by atoms with Crippen LogP contribution in [0, 0.1) is 0 Å². The smallest absolute Gasteiger partial charge is 0.227 e. The molecule has 4 heterocycles. The van der Waals surface area contributed by atoms with Gasteiger partial charge in [0.15, 0.2) is 17.0 Å². The van der Waals surface area contributed by atoms with Gasteiger partial charge < -0.3 is 15.2 Å². The van der Waals surface area contributed by atoms with E-state index in [1.165, 1.54) is 6.33 Å². The van der Waals surface area contributed by atoms with E-state index in [-0.39, 0.29) is 0 Å². The molecule has 0 unspecified atom stereocenters. The summed E-state index contributed by atoms with van der Waals surface area (Å²) >= 11 is 0. The van der Waals surface area contributed by atoms with E-state index in [9.17, 15) is 0 Å². The van der Waals surface area contributed by atoms with E-state index in [0.717, 1.165) is 33.5 Å². The molecule has 3 N–H and O–H groups in total. The van der Waals surface area contributed by atoms with E-state index in [1.54, 1.807) is 12.5 Å². The summed E-state index contributed by atoms with van der Waals surface area (Å²) < 4.78 is 1.88. The first-order chi connectivity index (χ1) is 14.8. The number of aromatic nitrogens is 8. The van der Waals surface area contributed by atoms with Crippen molar-refractivity contribution in [3.8, 4) is 0 Å². The predicted octanol–water partition coefficient (Wildman–Crippen LogP) is 2.30. The molecular weight excluding hydrogens is 380 g/mol. The molecule has 0 aliphatic carbocycles. The minimum absolute atomic E-state index is 0.541. The van der Waals surface area contributed by atoms with Gasteiger partial charge >= 0.3 is 0 Å². The minimum Gasteiger partial charge on any atom is -0.368 e. The van der Waals surface area contributed by atoms with Crippen LogP contribution >= 0.6 is 0 Å². The molecule has 0 amide bonds. The van der Waals surface area contributed by atoms with Crippen molar-refractivity contribution in [2.75, 3.05) is 17.2 Å². The number of nitrogens with one attached hydrogen (secondary N) is 3. The van der Waals surface area contributed by atoms with Gasteiger partial charge in [0.1, 0.15) is 12.2 Å². The van der Waals surface area contributed by atoms with Crippen LogP contribution in [-0.4, -0.2) is 46.2 Å². The second-order valence-electron chi connectivity index (χ2n) is 6.92. The Kier molecular flexibility index (Phi) is 4.64. The Hall–Kier alpha value is -4.08. The van der Waals surface area contributed by atoms with Gasteiger partial charge in [0, 0.05) is 38.1 Å². The second-order valence-corrected chi connectivity index (χ2v) is 6.92. The van der Waals surface area contributed by atoms with Crippen molar-refractivity contribution in [1.82, 2.24) is 39.7 Å². The number of hydrogen-bond donors (Lipinski definition) is 3. The maximum atomic E-state index is 4.64. The molecule has 0 saturated heterocycles. The Labute approximate surface area is 171 Å². The molecule has 10 nitrogen and oxygen atoms in total. The molecule has 0 spiro atoms. The Morgan fingerprint density at radius 3 is 2.93 bits per heavy atom. The number of aryl methyl sites for hydroxylation is 1. The Bertz CT molecular complexity index is 1290. The van der Waals surface area contributed by atoms with Gasteiger partial charge in [-0.25, -0.2) is 9.97 Å². The van der Waals surface area contributed by atoms with Gasteiger partial charge in [0.25, 0.3) is 0 Å². The molecule has 150 valence electrons. The molecule has 0 bridgehead atoms. The number of fused-ring (bicyclic) bond motifs is 2. The number of anilines is 2. The third-order valence-corrected chi connectivity index (χ3v) is 4.80. The van der Waals surface area contributed by atoms with Gasteiger partial charge in [-0.2, -0.15) is 15.1 Å². The fourth-order valence-electron chi connectivity index (χ4n) is 3.28. The largest absolute Gasteiger partial charge is 0.368 e. The molecule has 0 saturated carbocycles. The average molecular weight is 400 g/mol. The number of nitrogens with zero attached hydrogens (tertiary/aromatic N) is 7. The lowest BCUT2D eigenvalue weighted by Gasteiger charge is -2.10. The van der Waals surface area contributed by atoms with Gasteiger partial charge in [0.2, 0.25) is 5.95 Å². The van der Waals surface area contributed by atoms with Crippen molar-refractivity contribution in [3.05, 3.63) is 60.6 Å². The van der Waals surface area contributed by atoms with Gasteiger partial charge in [-0.3, -0.25) is 10.1 Å². The molecule has 0 fully saturated rings. The highest BCUT2D eigenvalue weighted by Gasteiger charge is 2.12. The first-order valence-corrected chi connectivity index (χ1v) is 9.61. The summed E-state index contributed by atoms with van der Waals surface area (Å²) in [6, 6.07) is 10.2. The zero-order valence-electron chi connectivity index (χ0n) is 16.4. The van der Waals surface area contributed by atoms with E-state index in [4.69, 9.17) is 0 Å². The summed E-state index contributed by atoms with van der Waals surface area (Å²) in [7, 11) is 1.92. The highest BCUT2D eigenvalue weighted by atomic mass is 15.2. The quantitative estimate of drug-likeness (QED) is 0.380. The number of pyridine rings is 1. The fourth-order valence-corrected chi connectivity index (χ4v) is 3.28. The first kappa shape index (κ1) is 18.0. The van der Waals surface area contributed by atoms with Crippen LogP contribution in [0.25, 0.3) is 22.1 Å². The minimum atomic E-state index is 0.541. The molecule has 0 atom stereocenters. The summed E-state index contributed by atoms with van der Waals surface area (Å²) in [4.78, 5) is 22.2. The Balaban J connectivity index is 1.35. The summed E-state index contributed by atoms with van der Waals surface area (Å²) in [5, 5.41) is 14.5. The number of hydrogen-bond acceptors (Lipinski definition) is 8. The molecule has 0 radical (unpaired) electrons. The maximum Gasteiger partial charge on any atom is 0.227 e. The standard InChI is InChI=1S/C20H20N10/c1-30-12-25-17-18(22-8-6-16-24-11-26-29-16)27-20(28-19(17)30)23-10-13-4-5-15-14(9-13)3-2-7-21-15/h2-5,7,9,11-12H,6,8,10H2,1H3,(H,24,26,29)(H2,22,23,27,28). The van der Waals surface area contributed by atoms with Crippen LogP contribution in [0.4, 0.5) is 11.8 Å². The molecule has 0 aliphatic rings. The Morgan fingerprint density at radius 1 is 1.07 bits per heavy atom. The lowest BCUT2D eigenvalue weighted by Crippen LogP contribution is -2.11. The van der Waals surface area contributed by atoms with E-state index >= 15 is 0 Å². The molecule has 0 aliphatic heterocycles. The predicted molar refractivity (Wildman–Crippen MR) is 114 cm³/mol. The van der Waals surface area contributed by atoms with E-state index in [0.29, 0.717) is 31.3 Å². The van der Waals surface area contributed by atoms with Gasteiger partial charge in [-0.15, -0.1) is 0 Å². The van der Waals surface area contributed by atoms with Crippen LogP contribution in [0.1, 0.15) is 11.4 Å². The topological polar surface area (TPSA) is 122 Å². The first-order valence-electron chi connectivity index (χ1n) is 9.61. The van der Waals surface area contributed by atoms with Crippen molar-refractivity contribution in [1.29, 1.82) is 0 Å². The zero-order valence-corrected chi connectivity index (χ0v) is 16.4. The van der Waals surface area contributed by atoms with Gasteiger partial charge in [-0.1, -0.05) is 12.1 Å². The second kappa shape index (κ2) is 7.74. The molecule has 1 aromatic carbocycles. The molecule has 10 heteroatoms. The summed E-state index contributed by atoms with van der Waals surface area (Å²) in [5.41, 5.74) is 3.60. The molecule has 5 aromatic rings. The third kappa shape index (κ3) is 3.62. The fraction of sp³-hybridized carbons (Fsp3) is 0.200. The van der Waals surface area contributed by atoms with Crippen LogP contribution in [0.3, 0.4) is 0 Å². The normalized spacial score (nSPS) is 11.2. The highest BCUT2D eigenvalue weighted by molar-refractivity contribution is 5.84. The van der Waals surface area contributed by atoms with Crippen LogP contribution in [0.15, 0.2) is 49.2 Å². The summed E-state index contributed by atoms with van der Waals surface area (Å²) in [5.74, 6) is 2.04. The SMILES string of the molecule is Cn1cnc2c(NCCc3ncn[nH]3)nc(NCc3ccc4ncccc4c3)nc21. The zero-order chi connectivity index (χ0) is 20.3. The summed E-state index contributed by atoms with van der Waals surface area (Å²) in [6.45, 7) is 1.25. The van der Waals surface area contributed by atoms with Gasteiger partial charge in [-0.05, 0) is 23.8 Å². The summed E-state index contributed by atoms with van der Waals surface area (Å²) in [6.07, 6.45) is 5.74. The molecular formula is C20H20N10. The van der Waals surface area contributed by atoms with Crippen molar-refractivity contribution in [2.24, 2.45) is 7.05 Å². The van der Waals surface area contributed by atoms with E-state index < -0.39 is 0 Å². The molecule has 4 aromatic heterocycles. The number of H-pyrrole nitrogens is 1. The van der Waals surface area contributed by atoms with Crippen LogP contribution < -0.4 is 10.6 Å². The molecule has 30 heavy (non-hydrogen) atoms. The third-order valence-electron chi connectivity index (χ3n) is 4.80. The van der Waals surface area contributed by atoms with Crippen molar-refractivity contribution in [3.63, 3.8) is 0 Å². The monoisotopic (exact) mass is 400 g/mol. The average Bonchev–Trinajstić information content (AvgIpc) is 3.42. The van der Waals surface area contributed by atoms with Gasteiger partial charge in [0.05, 0.1) is 11.8 Å². The van der Waals surface area contributed by atoms with Crippen molar-refractivity contribution in [2.45, 2.75) is 13.0 Å². The lowest BCUT2D eigenvalue weighted by atomic mass is 10.1. The van der Waals surface area contributed by atoms with Crippen molar-refractivity contribution < 1.29 is 0 Å². The number of benzene rings is 1. The highest BCUT2D eigenvalue weighted by Crippen LogP contribution is 2.21. The maximum absolute atomic E-state index is 4.64.